The van der Waals surface area contributed by atoms with Crippen molar-refractivity contribution in [3.63, 3.8) is 0 Å². The Morgan fingerprint density at radius 2 is 1.91 bits per heavy atom. The van der Waals surface area contributed by atoms with Gasteiger partial charge < -0.3 is 23.8 Å². The maximum atomic E-state index is 13.2. The van der Waals surface area contributed by atoms with Gasteiger partial charge in [-0.05, 0) is 24.5 Å². The highest BCUT2D eigenvalue weighted by Crippen LogP contribution is 2.35. The van der Waals surface area contributed by atoms with Gasteiger partial charge in [0, 0.05) is 30.2 Å². The van der Waals surface area contributed by atoms with E-state index in [1.165, 1.54) is 31.5 Å². The minimum absolute atomic E-state index is 0.200. The molecule has 4 aromatic rings. The SMILES string of the molecule is COc1ncc(OC)c2c(C(=O)C(=O)N3CCC(=C(C#N)c4coc5ccccc45)CC3)c[nH]c12. The lowest BCUT2D eigenvalue weighted by molar-refractivity contribution is -0.126. The van der Waals surface area contributed by atoms with Crippen LogP contribution in [0.5, 0.6) is 11.6 Å². The van der Waals surface area contributed by atoms with Crippen molar-refractivity contribution in [1.82, 2.24) is 14.9 Å². The van der Waals surface area contributed by atoms with E-state index in [4.69, 9.17) is 13.9 Å². The average Bonchev–Trinajstić information content (AvgIpc) is 3.54. The minimum Gasteiger partial charge on any atom is -0.494 e. The number of H-pyrrole nitrogens is 1. The number of methoxy groups -OCH3 is 2. The van der Waals surface area contributed by atoms with Gasteiger partial charge in [-0.2, -0.15) is 5.26 Å². The number of aromatic amines is 1. The van der Waals surface area contributed by atoms with Crippen LogP contribution in [0.4, 0.5) is 0 Å². The highest BCUT2D eigenvalue weighted by molar-refractivity contribution is 6.45. The first-order valence-electron chi connectivity index (χ1n) is 11.1. The zero-order valence-electron chi connectivity index (χ0n) is 19.3. The number of hydrogen-bond donors (Lipinski definition) is 1. The van der Waals surface area contributed by atoms with E-state index in [1.54, 1.807) is 6.26 Å². The van der Waals surface area contributed by atoms with E-state index < -0.39 is 11.7 Å². The van der Waals surface area contributed by atoms with E-state index in [-0.39, 0.29) is 5.56 Å². The molecule has 1 fully saturated rings. The van der Waals surface area contributed by atoms with Crippen molar-refractivity contribution in [2.75, 3.05) is 27.3 Å². The number of para-hydroxylation sites is 1. The topological polar surface area (TPSA) is 121 Å². The third kappa shape index (κ3) is 3.69. The molecule has 0 atom stereocenters. The number of ether oxygens (including phenoxy) is 2. The molecular weight excluding hydrogens is 448 g/mol. The number of ketones is 1. The van der Waals surface area contributed by atoms with Gasteiger partial charge in [-0.15, -0.1) is 0 Å². The Labute approximate surface area is 200 Å². The van der Waals surface area contributed by atoms with Crippen molar-refractivity contribution >= 4 is 39.1 Å². The third-order valence-corrected chi connectivity index (χ3v) is 6.36. The molecule has 9 nitrogen and oxygen atoms in total. The van der Waals surface area contributed by atoms with Gasteiger partial charge in [0.1, 0.15) is 23.1 Å². The Morgan fingerprint density at radius 1 is 1.14 bits per heavy atom. The fourth-order valence-corrected chi connectivity index (χ4v) is 4.57. The Bertz CT molecular complexity index is 1530. The summed E-state index contributed by atoms with van der Waals surface area (Å²) in [5.41, 5.74) is 3.66. The van der Waals surface area contributed by atoms with Crippen molar-refractivity contribution in [3.8, 4) is 17.7 Å². The molecule has 1 aromatic carbocycles. The largest absolute Gasteiger partial charge is 0.494 e. The van der Waals surface area contributed by atoms with Gasteiger partial charge in [-0.3, -0.25) is 9.59 Å². The van der Waals surface area contributed by atoms with Gasteiger partial charge >= 0.3 is 0 Å². The van der Waals surface area contributed by atoms with Crippen molar-refractivity contribution in [3.05, 3.63) is 59.6 Å². The number of aromatic nitrogens is 2. The number of nitriles is 1. The molecule has 0 spiro atoms. The van der Waals surface area contributed by atoms with Crippen LogP contribution >= 0.6 is 0 Å². The van der Waals surface area contributed by atoms with Crippen molar-refractivity contribution in [2.45, 2.75) is 12.8 Å². The summed E-state index contributed by atoms with van der Waals surface area (Å²) in [4.78, 5) is 35.0. The van der Waals surface area contributed by atoms with Crippen LogP contribution in [0, 0.1) is 11.3 Å². The van der Waals surface area contributed by atoms with Crippen LogP contribution in [0.3, 0.4) is 0 Å². The number of likely N-dealkylation sites (tertiary alicyclic amines) is 1. The Balaban J connectivity index is 1.39. The molecule has 4 heterocycles. The summed E-state index contributed by atoms with van der Waals surface area (Å²) >= 11 is 0. The second-order valence-corrected chi connectivity index (χ2v) is 8.15. The number of Topliss-reactive ketones (excluding diaryl/α,β-unsaturated/α-hetero) is 1. The summed E-state index contributed by atoms with van der Waals surface area (Å²) in [6.45, 7) is 0.677. The fraction of sp³-hybridized carbons (Fsp3) is 0.231. The maximum absolute atomic E-state index is 13.2. The van der Waals surface area contributed by atoms with E-state index in [0.29, 0.717) is 54.0 Å². The van der Waals surface area contributed by atoms with Crippen LogP contribution in [-0.4, -0.2) is 53.9 Å². The summed E-state index contributed by atoms with van der Waals surface area (Å²) in [6, 6.07) is 9.87. The molecular formula is C26H22N4O5. The van der Waals surface area contributed by atoms with Gasteiger partial charge in [0.25, 0.3) is 11.7 Å². The number of allylic oxidation sites excluding steroid dienone is 1. The number of fused-ring (bicyclic) bond motifs is 2. The zero-order chi connectivity index (χ0) is 24.5. The van der Waals surface area contributed by atoms with Crippen molar-refractivity contribution < 1.29 is 23.5 Å². The van der Waals surface area contributed by atoms with Crippen molar-refractivity contribution in [2.24, 2.45) is 0 Å². The van der Waals surface area contributed by atoms with Crippen LogP contribution in [0.1, 0.15) is 28.8 Å². The summed E-state index contributed by atoms with van der Waals surface area (Å²) in [6.07, 6.45) is 5.53. The molecule has 1 saturated heterocycles. The van der Waals surface area contributed by atoms with E-state index in [9.17, 15) is 14.9 Å². The van der Waals surface area contributed by atoms with E-state index in [2.05, 4.69) is 16.0 Å². The average molecular weight is 470 g/mol. The van der Waals surface area contributed by atoms with Crippen LogP contribution in [0.15, 0.2) is 52.9 Å². The summed E-state index contributed by atoms with van der Waals surface area (Å²) < 4.78 is 16.2. The lowest BCUT2D eigenvalue weighted by atomic mass is 9.93. The van der Waals surface area contributed by atoms with Gasteiger partial charge in [0.05, 0.1) is 43.0 Å². The van der Waals surface area contributed by atoms with E-state index in [1.807, 2.05) is 24.3 Å². The number of nitrogens with one attached hydrogen (secondary N) is 1. The fourth-order valence-electron chi connectivity index (χ4n) is 4.57. The van der Waals surface area contributed by atoms with Crippen LogP contribution < -0.4 is 9.47 Å². The first kappa shape index (κ1) is 22.2. The molecule has 0 bridgehead atoms. The Kier molecular flexibility index (Phi) is 5.71. The predicted octanol–water partition coefficient (Wildman–Crippen LogP) is 4.11. The third-order valence-electron chi connectivity index (χ3n) is 6.36. The molecule has 176 valence electrons. The standard InChI is InChI=1S/C26H22N4O5/c1-33-21-13-29-25(34-2)23-22(21)18(12-28-23)24(31)26(32)30-9-7-15(8-10-30)17(11-27)19-14-35-20-6-4-3-5-16(19)20/h3-6,12-14,28H,7-10H2,1-2H3. The van der Waals surface area contributed by atoms with Gasteiger partial charge in [-0.25, -0.2) is 4.98 Å². The second-order valence-electron chi connectivity index (χ2n) is 8.15. The molecule has 1 N–H and O–H groups in total. The van der Waals surface area contributed by atoms with Crippen LogP contribution in [0.2, 0.25) is 0 Å². The summed E-state index contributed by atoms with van der Waals surface area (Å²) in [5, 5.41) is 11.2. The van der Waals surface area contributed by atoms with Gasteiger partial charge in [0.2, 0.25) is 5.88 Å². The normalized spacial score (nSPS) is 13.6. The molecule has 0 unspecified atom stereocenters. The van der Waals surface area contributed by atoms with E-state index in [0.717, 1.165) is 22.1 Å². The number of pyridine rings is 1. The minimum atomic E-state index is -0.642. The highest BCUT2D eigenvalue weighted by Gasteiger charge is 2.30. The number of rotatable bonds is 5. The summed E-state index contributed by atoms with van der Waals surface area (Å²) in [7, 11) is 2.95. The number of carbonyl (C=O) groups is 2. The predicted molar refractivity (Wildman–Crippen MR) is 128 cm³/mol. The maximum Gasteiger partial charge on any atom is 0.295 e. The molecule has 5 rings (SSSR count). The quantitative estimate of drug-likeness (QED) is 0.265. The molecule has 0 saturated carbocycles. The first-order chi connectivity index (χ1) is 17.1. The van der Waals surface area contributed by atoms with Crippen molar-refractivity contribution in [1.29, 1.82) is 5.26 Å². The molecule has 9 heteroatoms. The molecule has 1 aliphatic heterocycles. The zero-order valence-corrected chi connectivity index (χ0v) is 19.3. The number of benzene rings is 1. The lowest BCUT2D eigenvalue weighted by Crippen LogP contribution is -2.40. The number of furan rings is 1. The lowest BCUT2D eigenvalue weighted by Gasteiger charge is -2.28. The number of nitrogens with zero attached hydrogens (tertiary/aromatic N) is 3. The summed E-state index contributed by atoms with van der Waals surface area (Å²) in [5.74, 6) is -0.574. The number of carbonyl (C=O) groups excluding carboxylic acids is 2. The van der Waals surface area contributed by atoms with Gasteiger partial charge in [0.15, 0.2) is 0 Å². The molecule has 1 aliphatic rings. The van der Waals surface area contributed by atoms with E-state index >= 15 is 0 Å². The molecule has 1 amide bonds. The number of piperidine rings is 1. The number of hydrogen-bond acceptors (Lipinski definition) is 7. The van der Waals surface area contributed by atoms with Crippen LogP contribution in [-0.2, 0) is 4.79 Å². The Hall–Kier alpha value is -4.58. The smallest absolute Gasteiger partial charge is 0.295 e. The highest BCUT2D eigenvalue weighted by atomic mass is 16.5. The first-order valence-corrected chi connectivity index (χ1v) is 11.1. The van der Waals surface area contributed by atoms with Crippen LogP contribution in [0.25, 0.3) is 27.4 Å². The second kappa shape index (κ2) is 8.99. The monoisotopic (exact) mass is 470 g/mol. The molecule has 3 aromatic heterocycles. The molecule has 0 radical (unpaired) electrons. The molecule has 35 heavy (non-hydrogen) atoms. The van der Waals surface area contributed by atoms with Gasteiger partial charge in [-0.1, -0.05) is 18.2 Å². The number of amides is 1. The Morgan fingerprint density at radius 3 is 2.63 bits per heavy atom. The molecule has 0 aliphatic carbocycles.